The molecule has 2 nitrogen and oxygen atoms in total. The van der Waals surface area contributed by atoms with Gasteiger partial charge in [0.05, 0.1) is 22.5 Å². The van der Waals surface area contributed by atoms with Crippen LogP contribution in [0.15, 0.2) is 11.8 Å². The normalized spacial score (nSPS) is 15.7. The number of allylic oxidation sites excluding steroid dienone is 1. The van der Waals surface area contributed by atoms with Crippen molar-refractivity contribution in [2.75, 3.05) is 0 Å². The van der Waals surface area contributed by atoms with Crippen LogP contribution in [0.2, 0.25) is 0 Å². The van der Waals surface area contributed by atoms with Crippen LogP contribution in [0.5, 0.6) is 0 Å². The molecule has 1 aromatic heterocycles. The molecule has 1 heterocycles. The molecule has 4 heteroatoms. The average Bonchev–Trinajstić information content (AvgIpc) is 3.34. The van der Waals surface area contributed by atoms with Gasteiger partial charge in [0.25, 0.3) is 5.92 Å². The highest BCUT2D eigenvalue weighted by Gasteiger charge is 2.59. The van der Waals surface area contributed by atoms with Crippen LogP contribution in [0.4, 0.5) is 8.78 Å². The van der Waals surface area contributed by atoms with E-state index in [1.165, 1.54) is 12.8 Å². The van der Waals surface area contributed by atoms with E-state index in [0.29, 0.717) is 24.1 Å². The number of rotatable bonds is 4. The standard InChI is InChI=1S/C14H18F2N2.C4H10.C2H6/c1-9(14(5-6-14)13(4,15)16)7-12-11(3)18-10(2)8-17-12;1-3-4-2;1-2/h7-8H,5-6H2,1-4H3;3-4H2,1-2H3;1-2H3/b9-7+;;. The fraction of sp³-hybridized carbons (Fsp3) is 0.700. The van der Waals surface area contributed by atoms with Crippen molar-refractivity contribution in [2.24, 2.45) is 5.41 Å². The van der Waals surface area contributed by atoms with Gasteiger partial charge in [-0.15, -0.1) is 0 Å². The fourth-order valence-corrected chi connectivity index (χ4v) is 2.40. The lowest BCUT2D eigenvalue weighted by atomic mass is 9.90. The number of hydrogen-bond donors (Lipinski definition) is 0. The van der Waals surface area contributed by atoms with Gasteiger partial charge in [0.15, 0.2) is 0 Å². The van der Waals surface area contributed by atoms with Crippen LogP contribution in [0.1, 0.15) is 84.3 Å². The topological polar surface area (TPSA) is 25.8 Å². The highest BCUT2D eigenvalue weighted by molar-refractivity contribution is 5.54. The molecule has 2 rings (SSSR count). The van der Waals surface area contributed by atoms with Crippen LogP contribution in [0.3, 0.4) is 0 Å². The van der Waals surface area contributed by atoms with E-state index in [0.717, 1.165) is 18.3 Å². The summed E-state index contributed by atoms with van der Waals surface area (Å²) in [6.07, 6.45) is 7.16. The van der Waals surface area contributed by atoms with Gasteiger partial charge in [-0.3, -0.25) is 9.97 Å². The quantitative estimate of drug-likeness (QED) is 0.605. The van der Waals surface area contributed by atoms with Crippen molar-refractivity contribution < 1.29 is 8.78 Å². The van der Waals surface area contributed by atoms with Crippen molar-refractivity contribution in [1.82, 2.24) is 9.97 Å². The zero-order valence-corrected chi connectivity index (χ0v) is 16.6. The summed E-state index contributed by atoms with van der Waals surface area (Å²) in [5.74, 6) is -2.67. The molecule has 24 heavy (non-hydrogen) atoms. The SMILES string of the molecule is C/C(=C\c1ncc(C)nc1C)C1(C(C)(F)F)CC1.CC.CCCC. The molecule has 1 aliphatic rings. The van der Waals surface area contributed by atoms with E-state index < -0.39 is 11.3 Å². The molecule has 0 spiro atoms. The van der Waals surface area contributed by atoms with Gasteiger partial charge in [0, 0.05) is 13.1 Å². The Bertz CT molecular complexity index is 525. The molecule has 0 aromatic carbocycles. The monoisotopic (exact) mass is 340 g/mol. The highest BCUT2D eigenvalue weighted by Crippen LogP contribution is 2.61. The van der Waals surface area contributed by atoms with E-state index in [2.05, 4.69) is 23.8 Å². The maximum Gasteiger partial charge on any atom is 0.254 e. The number of aryl methyl sites for hydroxylation is 2. The summed E-state index contributed by atoms with van der Waals surface area (Å²) < 4.78 is 27.2. The van der Waals surface area contributed by atoms with Gasteiger partial charge in [-0.05, 0) is 39.7 Å². The first-order valence-corrected chi connectivity index (χ1v) is 9.04. The first-order chi connectivity index (χ1) is 11.2. The second kappa shape index (κ2) is 9.85. The lowest BCUT2D eigenvalue weighted by Gasteiger charge is -2.24. The molecular weight excluding hydrogens is 306 g/mol. The smallest absolute Gasteiger partial charge is 0.254 e. The highest BCUT2D eigenvalue weighted by atomic mass is 19.3. The van der Waals surface area contributed by atoms with Gasteiger partial charge in [-0.2, -0.15) is 0 Å². The number of halogens is 2. The van der Waals surface area contributed by atoms with Crippen LogP contribution < -0.4 is 0 Å². The second-order valence-electron chi connectivity index (χ2n) is 6.28. The van der Waals surface area contributed by atoms with Crippen molar-refractivity contribution in [3.8, 4) is 0 Å². The molecule has 1 saturated carbocycles. The Labute approximate surface area is 146 Å². The van der Waals surface area contributed by atoms with E-state index in [9.17, 15) is 8.78 Å². The third-order valence-corrected chi connectivity index (χ3v) is 4.30. The van der Waals surface area contributed by atoms with Crippen LogP contribution in [0.25, 0.3) is 6.08 Å². The van der Waals surface area contributed by atoms with Gasteiger partial charge >= 0.3 is 0 Å². The third-order valence-electron chi connectivity index (χ3n) is 4.30. The van der Waals surface area contributed by atoms with E-state index >= 15 is 0 Å². The molecule has 138 valence electrons. The van der Waals surface area contributed by atoms with Crippen LogP contribution in [-0.2, 0) is 0 Å². The lowest BCUT2D eigenvalue weighted by molar-refractivity contribution is -0.0378. The minimum atomic E-state index is -2.67. The van der Waals surface area contributed by atoms with Crippen molar-refractivity contribution >= 4 is 6.08 Å². The van der Waals surface area contributed by atoms with Crippen LogP contribution >= 0.6 is 0 Å². The molecule has 0 unspecified atom stereocenters. The Morgan fingerprint density at radius 2 is 1.71 bits per heavy atom. The van der Waals surface area contributed by atoms with Crippen molar-refractivity contribution in [2.45, 2.75) is 87.0 Å². The number of alkyl halides is 2. The van der Waals surface area contributed by atoms with Crippen LogP contribution in [-0.4, -0.2) is 15.9 Å². The number of aromatic nitrogens is 2. The summed E-state index contributed by atoms with van der Waals surface area (Å²) in [5.41, 5.74) is 2.06. The predicted molar refractivity (Wildman–Crippen MR) is 99.4 cm³/mol. The number of hydrogen-bond acceptors (Lipinski definition) is 2. The van der Waals surface area contributed by atoms with E-state index in [1.807, 2.05) is 27.7 Å². The van der Waals surface area contributed by atoms with Crippen molar-refractivity contribution in [1.29, 1.82) is 0 Å². The van der Waals surface area contributed by atoms with Gasteiger partial charge in [0.2, 0.25) is 0 Å². The molecule has 0 saturated heterocycles. The predicted octanol–water partition coefficient (Wildman–Crippen LogP) is 6.76. The molecule has 1 fully saturated rings. The Morgan fingerprint density at radius 3 is 2.04 bits per heavy atom. The molecule has 0 N–H and O–H groups in total. The molecule has 1 aromatic rings. The van der Waals surface area contributed by atoms with Gasteiger partial charge in [-0.1, -0.05) is 46.1 Å². The Morgan fingerprint density at radius 1 is 1.21 bits per heavy atom. The maximum atomic E-state index is 13.6. The Hall–Kier alpha value is -1.32. The first kappa shape index (κ1) is 22.7. The minimum Gasteiger partial charge on any atom is -0.255 e. The lowest BCUT2D eigenvalue weighted by Crippen LogP contribution is -2.27. The van der Waals surface area contributed by atoms with Gasteiger partial charge in [-0.25, -0.2) is 8.78 Å². The van der Waals surface area contributed by atoms with Gasteiger partial charge < -0.3 is 0 Å². The summed E-state index contributed by atoms with van der Waals surface area (Å²) in [5, 5.41) is 0. The molecule has 0 aliphatic heterocycles. The van der Waals surface area contributed by atoms with Crippen LogP contribution in [0, 0.1) is 19.3 Å². The second-order valence-corrected chi connectivity index (χ2v) is 6.28. The molecule has 0 atom stereocenters. The molecular formula is C20H34F2N2. The van der Waals surface area contributed by atoms with Crippen molar-refractivity contribution in [3.05, 3.63) is 28.9 Å². The summed E-state index contributed by atoms with van der Waals surface area (Å²) in [7, 11) is 0. The first-order valence-electron chi connectivity index (χ1n) is 9.04. The molecule has 0 amide bonds. The molecule has 1 aliphatic carbocycles. The van der Waals surface area contributed by atoms with Gasteiger partial charge in [0.1, 0.15) is 0 Å². The van der Waals surface area contributed by atoms with E-state index in [-0.39, 0.29) is 0 Å². The average molecular weight is 341 g/mol. The summed E-state index contributed by atoms with van der Waals surface area (Å²) in [6, 6.07) is 0. The summed E-state index contributed by atoms with van der Waals surface area (Å²) in [4.78, 5) is 8.55. The maximum absolute atomic E-state index is 13.6. The molecule has 0 bridgehead atoms. The Balaban J connectivity index is 0.000000773. The Kier molecular flexibility index (Phi) is 9.31. The zero-order chi connectivity index (χ0) is 19.0. The van der Waals surface area contributed by atoms with Crippen molar-refractivity contribution in [3.63, 3.8) is 0 Å². The zero-order valence-electron chi connectivity index (χ0n) is 16.6. The fourth-order valence-electron chi connectivity index (χ4n) is 2.40. The van der Waals surface area contributed by atoms with E-state index in [1.54, 1.807) is 19.2 Å². The summed E-state index contributed by atoms with van der Waals surface area (Å²) >= 11 is 0. The molecule has 0 radical (unpaired) electrons. The largest absolute Gasteiger partial charge is 0.255 e. The minimum absolute atomic E-state index is 0.553. The van der Waals surface area contributed by atoms with E-state index in [4.69, 9.17) is 0 Å². The number of unbranched alkanes of at least 4 members (excludes halogenated alkanes) is 1. The third kappa shape index (κ3) is 5.95. The number of nitrogens with zero attached hydrogens (tertiary/aromatic N) is 2. The summed E-state index contributed by atoms with van der Waals surface area (Å²) in [6.45, 7) is 14.8.